The van der Waals surface area contributed by atoms with Gasteiger partial charge < -0.3 is 10.0 Å². The lowest BCUT2D eigenvalue weighted by Crippen LogP contribution is -2.44. The zero-order valence-electron chi connectivity index (χ0n) is 14.4. The van der Waals surface area contributed by atoms with Gasteiger partial charge in [0.1, 0.15) is 0 Å². The molecule has 1 aromatic carbocycles. The number of benzene rings is 1. The lowest BCUT2D eigenvalue weighted by Gasteiger charge is -2.38. The Hall–Kier alpha value is -1.37. The summed E-state index contributed by atoms with van der Waals surface area (Å²) in [4.78, 5) is 2.32. The molecular weight excluding hydrogens is 284 g/mol. The average Bonchev–Trinajstić information content (AvgIpc) is 2.60. The Morgan fingerprint density at radius 1 is 1.17 bits per heavy atom. The molecule has 0 bridgehead atoms. The molecule has 2 rings (SSSR count). The predicted octanol–water partition coefficient (Wildman–Crippen LogP) is 3.88. The third-order valence-electron chi connectivity index (χ3n) is 5.11. The van der Waals surface area contributed by atoms with E-state index in [1.165, 1.54) is 19.3 Å². The zero-order chi connectivity index (χ0) is 16.5. The summed E-state index contributed by atoms with van der Waals surface area (Å²) >= 11 is 0. The van der Waals surface area contributed by atoms with Crippen molar-refractivity contribution in [1.29, 1.82) is 5.26 Å². The summed E-state index contributed by atoms with van der Waals surface area (Å²) in [5.74, 6) is 0. The van der Waals surface area contributed by atoms with Crippen molar-refractivity contribution in [1.82, 2.24) is 4.90 Å². The van der Waals surface area contributed by atoms with E-state index in [1.54, 1.807) is 0 Å². The molecule has 0 aliphatic carbocycles. The fourth-order valence-electron chi connectivity index (χ4n) is 3.54. The van der Waals surface area contributed by atoms with Gasteiger partial charge in [-0.1, -0.05) is 62.9 Å². The first-order valence-electron chi connectivity index (χ1n) is 9.07. The standard InChI is InChI=1S/C20H30N2O/c1-2-3-4-8-11-19(23)16-22-14-12-20(17-21,13-15-22)18-9-6-5-7-10-18/h5-7,9-10,19,23H,2-4,8,11-16H2,1H3. The normalized spacial score (nSPS) is 19.2. The molecule has 0 amide bonds. The molecule has 0 radical (unpaired) electrons. The molecule has 1 unspecified atom stereocenters. The Morgan fingerprint density at radius 2 is 1.87 bits per heavy atom. The molecule has 1 fully saturated rings. The van der Waals surface area contributed by atoms with Crippen LogP contribution in [0.2, 0.25) is 0 Å². The highest BCUT2D eigenvalue weighted by Gasteiger charge is 2.36. The van der Waals surface area contributed by atoms with Crippen molar-refractivity contribution in [2.75, 3.05) is 19.6 Å². The van der Waals surface area contributed by atoms with E-state index in [9.17, 15) is 10.4 Å². The monoisotopic (exact) mass is 314 g/mol. The van der Waals surface area contributed by atoms with Crippen LogP contribution in [0.15, 0.2) is 30.3 Å². The van der Waals surface area contributed by atoms with E-state index in [1.807, 2.05) is 18.2 Å². The summed E-state index contributed by atoms with van der Waals surface area (Å²) in [5, 5.41) is 19.9. The molecule has 1 aromatic rings. The van der Waals surface area contributed by atoms with Gasteiger partial charge >= 0.3 is 0 Å². The Bertz CT molecular complexity index is 486. The van der Waals surface area contributed by atoms with Crippen LogP contribution in [0.5, 0.6) is 0 Å². The first kappa shape index (κ1) is 18.0. The van der Waals surface area contributed by atoms with E-state index in [4.69, 9.17) is 0 Å². The van der Waals surface area contributed by atoms with Gasteiger partial charge in [-0.3, -0.25) is 0 Å². The van der Waals surface area contributed by atoms with Gasteiger partial charge in [-0.05, 0) is 24.8 Å². The minimum atomic E-state index is -0.343. The number of nitriles is 1. The first-order chi connectivity index (χ1) is 11.2. The summed E-state index contributed by atoms with van der Waals surface area (Å²) in [6, 6.07) is 12.7. The van der Waals surface area contributed by atoms with Crippen molar-refractivity contribution < 1.29 is 5.11 Å². The Kier molecular flexibility index (Phi) is 7.08. The van der Waals surface area contributed by atoms with Crippen molar-refractivity contribution in [2.45, 2.75) is 63.4 Å². The van der Waals surface area contributed by atoms with Crippen LogP contribution in [0.25, 0.3) is 0 Å². The van der Waals surface area contributed by atoms with Crippen molar-refractivity contribution in [3.8, 4) is 6.07 Å². The molecule has 0 aromatic heterocycles. The SMILES string of the molecule is CCCCCCC(O)CN1CCC(C#N)(c2ccccc2)CC1. The second kappa shape index (κ2) is 9.05. The molecule has 1 N–H and O–H groups in total. The van der Waals surface area contributed by atoms with E-state index < -0.39 is 0 Å². The molecule has 126 valence electrons. The summed E-state index contributed by atoms with van der Waals surface area (Å²) in [5.41, 5.74) is 0.798. The molecule has 3 nitrogen and oxygen atoms in total. The molecule has 23 heavy (non-hydrogen) atoms. The summed E-state index contributed by atoms with van der Waals surface area (Å²) < 4.78 is 0. The van der Waals surface area contributed by atoms with E-state index in [2.05, 4.69) is 30.0 Å². The van der Waals surface area contributed by atoms with Gasteiger partial charge in [0.15, 0.2) is 0 Å². The van der Waals surface area contributed by atoms with Gasteiger partial charge in [-0.15, -0.1) is 0 Å². The number of aliphatic hydroxyl groups is 1. The molecule has 0 saturated carbocycles. The number of nitrogens with zero attached hydrogens (tertiary/aromatic N) is 2. The molecule has 0 spiro atoms. The van der Waals surface area contributed by atoms with E-state index >= 15 is 0 Å². The summed E-state index contributed by atoms with van der Waals surface area (Å²) in [6.45, 7) is 4.75. The fourth-order valence-corrected chi connectivity index (χ4v) is 3.54. The summed E-state index contributed by atoms with van der Waals surface area (Å²) in [6.07, 6.45) is 7.23. The highest BCUT2D eigenvalue weighted by molar-refractivity contribution is 5.33. The van der Waals surface area contributed by atoms with Crippen molar-refractivity contribution in [3.05, 3.63) is 35.9 Å². The lowest BCUT2D eigenvalue weighted by molar-refractivity contribution is 0.0825. The Balaban J connectivity index is 1.80. The Labute approximate surface area is 140 Å². The molecule has 1 aliphatic heterocycles. The number of likely N-dealkylation sites (tertiary alicyclic amines) is 1. The zero-order valence-corrected chi connectivity index (χ0v) is 14.4. The molecule has 1 atom stereocenters. The molecule has 3 heteroatoms. The maximum atomic E-state index is 10.2. The highest BCUT2D eigenvalue weighted by atomic mass is 16.3. The first-order valence-corrected chi connectivity index (χ1v) is 9.07. The van der Waals surface area contributed by atoms with Crippen LogP contribution in [0.1, 0.15) is 57.4 Å². The van der Waals surface area contributed by atoms with Crippen LogP contribution < -0.4 is 0 Å². The van der Waals surface area contributed by atoms with E-state index in [0.29, 0.717) is 0 Å². The smallest absolute Gasteiger partial charge is 0.0846 e. The minimum absolute atomic E-state index is 0.224. The quantitative estimate of drug-likeness (QED) is 0.741. The maximum absolute atomic E-state index is 10.2. The van der Waals surface area contributed by atoms with Crippen LogP contribution in [0.3, 0.4) is 0 Å². The van der Waals surface area contributed by atoms with Crippen LogP contribution in [0, 0.1) is 11.3 Å². The van der Waals surface area contributed by atoms with Crippen molar-refractivity contribution in [2.24, 2.45) is 0 Å². The van der Waals surface area contributed by atoms with Crippen molar-refractivity contribution >= 4 is 0 Å². The van der Waals surface area contributed by atoms with Gasteiger partial charge in [-0.25, -0.2) is 0 Å². The topological polar surface area (TPSA) is 47.3 Å². The van der Waals surface area contributed by atoms with Crippen LogP contribution in [0.4, 0.5) is 0 Å². The number of rotatable bonds is 8. The van der Waals surface area contributed by atoms with Crippen molar-refractivity contribution in [3.63, 3.8) is 0 Å². The number of hydrogen-bond acceptors (Lipinski definition) is 3. The largest absolute Gasteiger partial charge is 0.392 e. The van der Waals surface area contributed by atoms with Gasteiger partial charge in [0, 0.05) is 19.6 Å². The van der Waals surface area contributed by atoms with Gasteiger partial charge in [0.05, 0.1) is 17.6 Å². The number of β-amino-alcohol motifs (C(OH)–C–C–N with tert-alkyl or cyclic N) is 1. The van der Waals surface area contributed by atoms with Gasteiger partial charge in [0.25, 0.3) is 0 Å². The highest BCUT2D eigenvalue weighted by Crippen LogP contribution is 2.34. The molecule has 1 saturated heterocycles. The van der Waals surface area contributed by atoms with Gasteiger partial charge in [-0.2, -0.15) is 5.26 Å². The predicted molar refractivity (Wildman–Crippen MR) is 94.2 cm³/mol. The maximum Gasteiger partial charge on any atom is 0.0846 e. The molecular formula is C20H30N2O. The van der Waals surface area contributed by atoms with Gasteiger partial charge in [0.2, 0.25) is 0 Å². The van der Waals surface area contributed by atoms with Crippen LogP contribution in [-0.2, 0) is 5.41 Å². The number of aliphatic hydroxyl groups excluding tert-OH is 1. The number of unbranched alkanes of at least 4 members (excludes halogenated alkanes) is 3. The summed E-state index contributed by atoms with van der Waals surface area (Å²) in [7, 11) is 0. The second-order valence-corrected chi connectivity index (χ2v) is 6.86. The Morgan fingerprint density at radius 3 is 2.48 bits per heavy atom. The third-order valence-corrected chi connectivity index (χ3v) is 5.11. The van der Waals surface area contributed by atoms with Crippen LogP contribution >= 0.6 is 0 Å². The molecule has 1 aliphatic rings. The molecule has 1 heterocycles. The fraction of sp³-hybridized carbons (Fsp3) is 0.650. The minimum Gasteiger partial charge on any atom is -0.392 e. The second-order valence-electron chi connectivity index (χ2n) is 6.86. The lowest BCUT2D eigenvalue weighted by atomic mass is 9.74. The number of piperidine rings is 1. The average molecular weight is 314 g/mol. The van der Waals surface area contributed by atoms with E-state index in [-0.39, 0.29) is 11.5 Å². The van der Waals surface area contributed by atoms with Crippen LogP contribution in [-0.4, -0.2) is 35.7 Å². The third kappa shape index (κ3) is 5.06. The number of hydrogen-bond donors (Lipinski definition) is 1. The van der Waals surface area contributed by atoms with E-state index in [0.717, 1.165) is 50.9 Å².